The van der Waals surface area contributed by atoms with Crippen molar-refractivity contribution in [2.24, 2.45) is 0 Å². The number of hydrogen-bond donors (Lipinski definition) is 2. The summed E-state index contributed by atoms with van der Waals surface area (Å²) in [7, 11) is 0. The van der Waals surface area contributed by atoms with Crippen molar-refractivity contribution in [3.05, 3.63) is 68.5 Å². The topological polar surface area (TPSA) is 71.2 Å². The van der Waals surface area contributed by atoms with Gasteiger partial charge in [0, 0.05) is 22.8 Å². The first-order chi connectivity index (χ1) is 10.1. The molecule has 2 N–H and O–H groups in total. The number of ether oxygens (including phenoxy) is 1. The van der Waals surface area contributed by atoms with Gasteiger partial charge in [-0.1, -0.05) is 30.3 Å². The highest BCUT2D eigenvalue weighted by atomic mass is 79.9. The van der Waals surface area contributed by atoms with Gasteiger partial charge in [0.25, 0.3) is 5.56 Å². The lowest BCUT2D eigenvalue weighted by Gasteiger charge is -2.07. The minimum atomic E-state index is -0.495. The van der Waals surface area contributed by atoms with Gasteiger partial charge in [-0.05, 0) is 34.0 Å². The summed E-state index contributed by atoms with van der Waals surface area (Å²) in [6, 6.07) is 11.2. The number of carbonyl (C=O) groups is 1. The van der Waals surface area contributed by atoms with Crippen LogP contribution in [0.3, 0.4) is 0 Å². The van der Waals surface area contributed by atoms with Crippen LogP contribution in [0, 0.1) is 0 Å². The minimum Gasteiger partial charge on any atom is -0.445 e. The van der Waals surface area contributed by atoms with E-state index in [0.29, 0.717) is 18.5 Å². The molecule has 110 valence electrons. The van der Waals surface area contributed by atoms with E-state index in [1.807, 2.05) is 30.3 Å². The van der Waals surface area contributed by atoms with E-state index >= 15 is 0 Å². The maximum absolute atomic E-state index is 11.5. The Morgan fingerprint density at radius 3 is 2.81 bits per heavy atom. The summed E-state index contributed by atoms with van der Waals surface area (Å²) in [5.41, 5.74) is 1.38. The second-order valence-electron chi connectivity index (χ2n) is 4.41. The summed E-state index contributed by atoms with van der Waals surface area (Å²) >= 11 is 3.29. The highest BCUT2D eigenvalue weighted by Gasteiger charge is 2.04. The number of aromatic amines is 1. The molecule has 0 saturated carbocycles. The number of H-pyrrole nitrogens is 1. The zero-order valence-electron chi connectivity index (χ0n) is 11.3. The van der Waals surface area contributed by atoms with Crippen LogP contribution in [-0.2, 0) is 17.8 Å². The normalized spacial score (nSPS) is 10.1. The largest absolute Gasteiger partial charge is 0.445 e. The van der Waals surface area contributed by atoms with Crippen LogP contribution in [0.5, 0.6) is 0 Å². The molecule has 0 spiro atoms. The molecular formula is C15H15BrN2O3. The van der Waals surface area contributed by atoms with Gasteiger partial charge in [0.1, 0.15) is 6.61 Å². The second-order valence-corrected chi connectivity index (χ2v) is 5.33. The van der Waals surface area contributed by atoms with E-state index in [4.69, 9.17) is 4.74 Å². The van der Waals surface area contributed by atoms with E-state index in [-0.39, 0.29) is 12.2 Å². The molecule has 0 aliphatic carbocycles. The van der Waals surface area contributed by atoms with E-state index in [9.17, 15) is 9.59 Å². The standard InChI is InChI=1S/C15H15BrN2O3/c16-13-8-12(14(19)18-9-13)6-7-17-15(20)21-10-11-4-2-1-3-5-11/h1-5,8-9H,6-7,10H2,(H,17,20)(H,18,19). The van der Waals surface area contributed by atoms with Gasteiger partial charge >= 0.3 is 6.09 Å². The van der Waals surface area contributed by atoms with Gasteiger partial charge < -0.3 is 15.0 Å². The molecule has 0 radical (unpaired) electrons. The van der Waals surface area contributed by atoms with Gasteiger partial charge in [0.15, 0.2) is 0 Å². The summed E-state index contributed by atoms with van der Waals surface area (Å²) in [5.74, 6) is 0. The van der Waals surface area contributed by atoms with E-state index in [2.05, 4.69) is 26.2 Å². The van der Waals surface area contributed by atoms with Crippen molar-refractivity contribution in [2.45, 2.75) is 13.0 Å². The van der Waals surface area contributed by atoms with Crippen molar-refractivity contribution in [2.75, 3.05) is 6.54 Å². The number of benzene rings is 1. The van der Waals surface area contributed by atoms with Crippen LogP contribution in [-0.4, -0.2) is 17.6 Å². The lowest BCUT2D eigenvalue weighted by molar-refractivity contribution is 0.140. The average Bonchev–Trinajstić information content (AvgIpc) is 2.50. The van der Waals surface area contributed by atoms with Crippen LogP contribution in [0.25, 0.3) is 0 Å². The zero-order chi connectivity index (χ0) is 15.1. The molecule has 21 heavy (non-hydrogen) atoms. The summed E-state index contributed by atoms with van der Waals surface area (Å²) < 4.78 is 5.87. The maximum atomic E-state index is 11.5. The summed E-state index contributed by atoms with van der Waals surface area (Å²) in [5, 5.41) is 2.62. The third-order valence-electron chi connectivity index (χ3n) is 2.82. The van der Waals surface area contributed by atoms with Crippen molar-refractivity contribution < 1.29 is 9.53 Å². The number of halogens is 1. The fourth-order valence-electron chi connectivity index (χ4n) is 1.76. The average molecular weight is 351 g/mol. The van der Waals surface area contributed by atoms with E-state index < -0.39 is 6.09 Å². The molecule has 0 unspecified atom stereocenters. The smallest absolute Gasteiger partial charge is 0.407 e. The summed E-state index contributed by atoms with van der Waals surface area (Å²) in [4.78, 5) is 25.7. The third-order valence-corrected chi connectivity index (χ3v) is 3.28. The number of amides is 1. The van der Waals surface area contributed by atoms with Gasteiger partial charge in [-0.15, -0.1) is 0 Å². The molecule has 0 fully saturated rings. The molecule has 6 heteroatoms. The van der Waals surface area contributed by atoms with Gasteiger partial charge in [-0.2, -0.15) is 0 Å². The Kier molecular flexibility index (Phi) is 5.57. The van der Waals surface area contributed by atoms with E-state index in [0.717, 1.165) is 10.0 Å². The van der Waals surface area contributed by atoms with Crippen LogP contribution >= 0.6 is 15.9 Å². The fraction of sp³-hybridized carbons (Fsp3) is 0.200. The summed E-state index contributed by atoms with van der Waals surface area (Å²) in [6.07, 6.45) is 1.52. The first kappa shape index (κ1) is 15.3. The Hall–Kier alpha value is -2.08. The first-order valence-corrected chi connectivity index (χ1v) is 7.26. The number of carbonyl (C=O) groups excluding carboxylic acids is 1. The molecule has 0 aliphatic heterocycles. The van der Waals surface area contributed by atoms with Crippen molar-refractivity contribution in [1.29, 1.82) is 0 Å². The van der Waals surface area contributed by atoms with Crippen molar-refractivity contribution in [1.82, 2.24) is 10.3 Å². The van der Waals surface area contributed by atoms with Crippen molar-refractivity contribution in [3.8, 4) is 0 Å². The lowest BCUT2D eigenvalue weighted by Crippen LogP contribution is -2.28. The minimum absolute atomic E-state index is 0.155. The molecule has 1 amide bonds. The Balaban J connectivity index is 1.74. The quantitative estimate of drug-likeness (QED) is 0.870. The highest BCUT2D eigenvalue weighted by molar-refractivity contribution is 9.10. The van der Waals surface area contributed by atoms with Crippen LogP contribution in [0.15, 0.2) is 51.9 Å². The predicted octanol–water partition coefficient (Wildman–Crippen LogP) is 2.61. The number of nitrogens with one attached hydrogen (secondary N) is 2. The number of rotatable bonds is 5. The Bertz CT molecular complexity index is 655. The Morgan fingerprint density at radius 2 is 2.05 bits per heavy atom. The molecule has 0 aliphatic rings. The van der Waals surface area contributed by atoms with Gasteiger partial charge in [-0.25, -0.2) is 4.79 Å². The molecule has 0 saturated heterocycles. The van der Waals surface area contributed by atoms with Crippen molar-refractivity contribution >= 4 is 22.0 Å². The molecular weight excluding hydrogens is 336 g/mol. The number of alkyl carbamates (subject to hydrolysis) is 1. The monoisotopic (exact) mass is 350 g/mol. The van der Waals surface area contributed by atoms with Crippen LogP contribution in [0.1, 0.15) is 11.1 Å². The first-order valence-electron chi connectivity index (χ1n) is 6.47. The predicted molar refractivity (Wildman–Crippen MR) is 83.1 cm³/mol. The third kappa shape index (κ3) is 5.07. The number of pyridine rings is 1. The molecule has 1 heterocycles. The molecule has 2 aromatic rings. The molecule has 2 rings (SSSR count). The molecule has 1 aromatic carbocycles. The number of hydrogen-bond acceptors (Lipinski definition) is 3. The second kappa shape index (κ2) is 7.64. The highest BCUT2D eigenvalue weighted by Crippen LogP contribution is 2.06. The summed E-state index contributed by atoms with van der Waals surface area (Å²) in [6.45, 7) is 0.567. The molecule has 1 aromatic heterocycles. The zero-order valence-corrected chi connectivity index (χ0v) is 12.9. The van der Waals surface area contributed by atoms with Crippen LogP contribution in [0.2, 0.25) is 0 Å². The van der Waals surface area contributed by atoms with Gasteiger partial charge in [-0.3, -0.25) is 4.79 Å². The molecule has 0 bridgehead atoms. The van der Waals surface area contributed by atoms with Crippen LogP contribution < -0.4 is 10.9 Å². The molecule has 5 nitrogen and oxygen atoms in total. The van der Waals surface area contributed by atoms with E-state index in [1.165, 1.54) is 0 Å². The van der Waals surface area contributed by atoms with E-state index in [1.54, 1.807) is 12.3 Å². The van der Waals surface area contributed by atoms with Gasteiger partial charge in [0.2, 0.25) is 0 Å². The number of aromatic nitrogens is 1. The van der Waals surface area contributed by atoms with Crippen LogP contribution in [0.4, 0.5) is 4.79 Å². The Morgan fingerprint density at radius 1 is 1.29 bits per heavy atom. The van der Waals surface area contributed by atoms with Crippen molar-refractivity contribution in [3.63, 3.8) is 0 Å². The SMILES string of the molecule is O=C(NCCc1cc(Br)c[nH]c1=O)OCc1ccccc1. The molecule has 0 atom stereocenters. The fourth-order valence-corrected chi connectivity index (χ4v) is 2.15. The lowest BCUT2D eigenvalue weighted by atomic mass is 10.2. The Labute approximate surface area is 130 Å². The van der Waals surface area contributed by atoms with Gasteiger partial charge in [0.05, 0.1) is 0 Å². The maximum Gasteiger partial charge on any atom is 0.407 e.